The van der Waals surface area contributed by atoms with E-state index in [1.165, 1.54) is 0 Å². The third kappa shape index (κ3) is 1.67. The molecule has 1 aromatic rings. The van der Waals surface area contributed by atoms with Crippen LogP contribution in [-0.4, -0.2) is 16.1 Å². The average Bonchev–Trinajstić information content (AvgIpc) is 2.33. The van der Waals surface area contributed by atoms with E-state index in [0.717, 1.165) is 0 Å². The molecule has 7 heteroatoms. The van der Waals surface area contributed by atoms with Crippen LogP contribution >= 0.6 is 11.3 Å². The molecule has 0 unspecified atom stereocenters. The number of nitrogens with zero attached hydrogens (tertiary/aromatic N) is 2. The van der Waals surface area contributed by atoms with Gasteiger partial charge < -0.3 is 5.73 Å². The van der Waals surface area contributed by atoms with Gasteiger partial charge >= 0.3 is 0 Å². The highest BCUT2D eigenvalue weighted by Crippen LogP contribution is 2.21. The second kappa shape index (κ2) is 2.87. The lowest BCUT2D eigenvalue weighted by Gasteiger charge is -1.85. The Balaban J connectivity index is 2.90. The lowest BCUT2D eigenvalue weighted by atomic mass is 10.7. The van der Waals surface area contributed by atoms with E-state index < -0.39 is 17.3 Å². The summed E-state index contributed by atoms with van der Waals surface area (Å²) in [5.41, 5.74) is 4.75. The van der Waals surface area contributed by atoms with Gasteiger partial charge in [-0.1, -0.05) is 11.3 Å². The van der Waals surface area contributed by atoms with Crippen molar-refractivity contribution in [3.63, 3.8) is 0 Å². The van der Waals surface area contributed by atoms with Crippen molar-refractivity contribution >= 4 is 17.2 Å². The summed E-state index contributed by atoms with van der Waals surface area (Å²) in [7, 11) is 0. The molecule has 0 saturated heterocycles. The number of halogens is 2. The van der Waals surface area contributed by atoms with Crippen LogP contribution in [0.2, 0.25) is 0 Å². The summed E-state index contributed by atoms with van der Waals surface area (Å²) in [6.07, 6.45) is -2.69. The number of rotatable bonds is 2. The van der Waals surface area contributed by atoms with E-state index >= 15 is 0 Å². The van der Waals surface area contributed by atoms with Crippen molar-refractivity contribution < 1.29 is 13.6 Å². The molecule has 0 aliphatic carbocycles. The van der Waals surface area contributed by atoms with Crippen LogP contribution in [0.5, 0.6) is 0 Å². The topological polar surface area (TPSA) is 68.9 Å². The number of aromatic nitrogens is 2. The van der Waals surface area contributed by atoms with E-state index in [9.17, 15) is 13.6 Å². The molecule has 0 saturated carbocycles. The Morgan fingerprint density at radius 2 is 2.18 bits per heavy atom. The lowest BCUT2D eigenvalue weighted by molar-refractivity contribution is 0.0999. The predicted molar refractivity (Wildman–Crippen MR) is 33.4 cm³/mol. The highest BCUT2D eigenvalue weighted by molar-refractivity contribution is 7.13. The fraction of sp³-hybridized carbons (Fsp3) is 0.250. The van der Waals surface area contributed by atoms with Crippen molar-refractivity contribution in [2.45, 2.75) is 6.43 Å². The van der Waals surface area contributed by atoms with E-state index in [1.54, 1.807) is 0 Å². The molecule has 2 N–H and O–H groups in total. The molecule has 0 radical (unpaired) electrons. The van der Waals surface area contributed by atoms with Crippen molar-refractivity contribution in [2.24, 2.45) is 5.73 Å². The van der Waals surface area contributed by atoms with Crippen LogP contribution in [0.15, 0.2) is 0 Å². The minimum absolute atomic E-state index is 0.194. The van der Waals surface area contributed by atoms with Gasteiger partial charge in [0.15, 0.2) is 5.01 Å². The zero-order chi connectivity index (χ0) is 8.43. The molecule has 60 valence electrons. The van der Waals surface area contributed by atoms with Crippen molar-refractivity contribution in [2.75, 3.05) is 0 Å². The molecule has 1 amide bonds. The standard InChI is InChI=1S/C4H3F2N3OS/c5-1(6)3-8-9-4(11-3)2(7)10/h1H,(H2,7,10). The summed E-state index contributed by atoms with van der Waals surface area (Å²) in [5, 5.41) is 5.52. The number of carbonyl (C=O) groups is 1. The summed E-state index contributed by atoms with van der Waals surface area (Å²) < 4.78 is 23.6. The predicted octanol–water partition coefficient (Wildman–Crippen LogP) is 0.575. The highest BCUT2D eigenvalue weighted by atomic mass is 32.1. The molecule has 0 spiro atoms. The van der Waals surface area contributed by atoms with Gasteiger partial charge in [0.25, 0.3) is 12.3 Å². The van der Waals surface area contributed by atoms with Gasteiger partial charge in [0, 0.05) is 0 Å². The monoisotopic (exact) mass is 179 g/mol. The van der Waals surface area contributed by atoms with Gasteiger partial charge in [-0.15, -0.1) is 10.2 Å². The first kappa shape index (κ1) is 7.99. The number of nitrogens with two attached hydrogens (primary N) is 1. The quantitative estimate of drug-likeness (QED) is 0.721. The van der Waals surface area contributed by atoms with Crippen LogP contribution in [0.1, 0.15) is 21.2 Å². The van der Waals surface area contributed by atoms with Crippen molar-refractivity contribution in [3.05, 3.63) is 10.0 Å². The van der Waals surface area contributed by atoms with Crippen molar-refractivity contribution in [3.8, 4) is 0 Å². The molecule has 0 fully saturated rings. The van der Waals surface area contributed by atoms with Crippen LogP contribution < -0.4 is 5.73 Å². The minimum atomic E-state index is -2.69. The lowest BCUT2D eigenvalue weighted by Crippen LogP contribution is -2.10. The van der Waals surface area contributed by atoms with Gasteiger partial charge in [0.2, 0.25) is 5.01 Å². The number of hydrogen-bond donors (Lipinski definition) is 1. The van der Waals surface area contributed by atoms with E-state index in [1.807, 2.05) is 0 Å². The fourth-order valence-corrected chi connectivity index (χ4v) is 0.973. The second-order valence-corrected chi connectivity index (χ2v) is 2.62. The smallest absolute Gasteiger partial charge is 0.291 e. The third-order valence-electron chi connectivity index (χ3n) is 0.838. The molecule has 0 aromatic carbocycles. The Labute approximate surface area is 64.0 Å². The second-order valence-electron chi connectivity index (χ2n) is 1.61. The number of amides is 1. The molecule has 11 heavy (non-hydrogen) atoms. The number of primary amides is 1. The highest BCUT2D eigenvalue weighted by Gasteiger charge is 2.15. The van der Waals surface area contributed by atoms with Crippen molar-refractivity contribution in [1.82, 2.24) is 10.2 Å². The maximum absolute atomic E-state index is 11.8. The number of hydrogen-bond acceptors (Lipinski definition) is 4. The van der Waals surface area contributed by atoms with Gasteiger partial charge in [-0.2, -0.15) is 0 Å². The van der Waals surface area contributed by atoms with Gasteiger partial charge in [-0.3, -0.25) is 4.79 Å². The maximum Gasteiger partial charge on any atom is 0.291 e. The summed E-state index contributed by atoms with van der Waals surface area (Å²) in [5.74, 6) is -0.839. The Kier molecular flexibility index (Phi) is 2.08. The van der Waals surface area contributed by atoms with E-state index in [0.29, 0.717) is 11.3 Å². The molecule has 1 aromatic heterocycles. The Bertz CT molecular complexity index is 274. The minimum Gasteiger partial charge on any atom is -0.363 e. The first-order chi connectivity index (χ1) is 5.11. The Hall–Kier alpha value is -1.11. The maximum atomic E-state index is 11.8. The molecule has 0 aliphatic rings. The molecule has 0 atom stereocenters. The molecule has 1 heterocycles. The van der Waals surface area contributed by atoms with Crippen LogP contribution in [0.25, 0.3) is 0 Å². The SMILES string of the molecule is NC(=O)c1nnc(C(F)F)s1. The van der Waals surface area contributed by atoms with Crippen molar-refractivity contribution in [1.29, 1.82) is 0 Å². The zero-order valence-electron chi connectivity index (χ0n) is 5.12. The van der Waals surface area contributed by atoms with Gasteiger partial charge in [0.1, 0.15) is 0 Å². The molecule has 0 aliphatic heterocycles. The molecular weight excluding hydrogens is 176 g/mol. The van der Waals surface area contributed by atoms with Gasteiger partial charge in [0.05, 0.1) is 0 Å². The Morgan fingerprint density at radius 3 is 2.45 bits per heavy atom. The average molecular weight is 179 g/mol. The zero-order valence-corrected chi connectivity index (χ0v) is 5.94. The van der Waals surface area contributed by atoms with E-state index in [2.05, 4.69) is 10.2 Å². The van der Waals surface area contributed by atoms with E-state index in [-0.39, 0.29) is 5.01 Å². The van der Waals surface area contributed by atoms with E-state index in [4.69, 9.17) is 5.73 Å². The molecule has 0 bridgehead atoms. The normalized spacial score (nSPS) is 10.5. The summed E-state index contributed by atoms with van der Waals surface area (Å²) >= 11 is 0.502. The van der Waals surface area contributed by atoms with Gasteiger partial charge in [-0.05, 0) is 0 Å². The first-order valence-electron chi connectivity index (χ1n) is 2.52. The Morgan fingerprint density at radius 1 is 1.55 bits per heavy atom. The fourth-order valence-electron chi connectivity index (χ4n) is 0.422. The number of carbonyl (C=O) groups excluding carboxylic acids is 1. The third-order valence-corrected chi connectivity index (χ3v) is 1.78. The summed E-state index contributed by atoms with van der Waals surface area (Å²) in [4.78, 5) is 10.3. The van der Waals surface area contributed by atoms with Crippen LogP contribution in [0, 0.1) is 0 Å². The summed E-state index contributed by atoms with van der Waals surface area (Å²) in [6, 6.07) is 0. The van der Waals surface area contributed by atoms with Gasteiger partial charge in [-0.25, -0.2) is 8.78 Å². The number of alkyl halides is 2. The van der Waals surface area contributed by atoms with Crippen LogP contribution in [-0.2, 0) is 0 Å². The largest absolute Gasteiger partial charge is 0.363 e. The summed E-state index contributed by atoms with van der Waals surface area (Å²) in [6.45, 7) is 0. The molecule has 1 rings (SSSR count). The van der Waals surface area contributed by atoms with Crippen LogP contribution in [0.4, 0.5) is 8.78 Å². The first-order valence-corrected chi connectivity index (χ1v) is 3.34. The molecule has 4 nitrogen and oxygen atoms in total. The molecular formula is C4H3F2N3OS. The van der Waals surface area contributed by atoms with Crippen LogP contribution in [0.3, 0.4) is 0 Å².